The van der Waals surface area contributed by atoms with Crippen molar-refractivity contribution in [3.63, 3.8) is 0 Å². The van der Waals surface area contributed by atoms with Gasteiger partial charge in [0.15, 0.2) is 0 Å². The molecule has 1 N–H and O–H groups in total. The summed E-state index contributed by atoms with van der Waals surface area (Å²) in [5.41, 5.74) is 2.11. The molecule has 1 amide bonds. The highest BCUT2D eigenvalue weighted by Crippen LogP contribution is 2.29. The summed E-state index contributed by atoms with van der Waals surface area (Å²) in [4.78, 5) is 15.0. The van der Waals surface area contributed by atoms with E-state index in [1.165, 1.54) is 6.42 Å². The van der Waals surface area contributed by atoms with Gasteiger partial charge in [-0.2, -0.15) is 0 Å². The number of carbonyl (C=O) groups is 1. The van der Waals surface area contributed by atoms with Crippen LogP contribution in [0.3, 0.4) is 0 Å². The molecule has 0 spiro atoms. The van der Waals surface area contributed by atoms with Gasteiger partial charge in [0.25, 0.3) is 0 Å². The molecule has 1 heterocycles. The average molecular weight is 365 g/mol. The van der Waals surface area contributed by atoms with Gasteiger partial charge in [-0.25, -0.2) is 13.1 Å². The number of benzene rings is 1. The number of sulfonamides is 1. The Balaban J connectivity index is 1.77. The van der Waals surface area contributed by atoms with Crippen molar-refractivity contribution in [2.45, 2.75) is 69.9 Å². The minimum atomic E-state index is -3.50. The maximum absolute atomic E-state index is 12.8. The first kappa shape index (κ1) is 18.4. The van der Waals surface area contributed by atoms with Crippen LogP contribution in [0.25, 0.3) is 0 Å². The second-order valence-corrected chi connectivity index (χ2v) is 9.27. The molecule has 138 valence electrons. The topological polar surface area (TPSA) is 66.5 Å². The van der Waals surface area contributed by atoms with Crippen molar-refractivity contribution < 1.29 is 13.2 Å². The lowest BCUT2D eigenvalue weighted by molar-refractivity contribution is -0.137. The van der Waals surface area contributed by atoms with Crippen molar-refractivity contribution in [3.8, 4) is 0 Å². The van der Waals surface area contributed by atoms with Crippen molar-refractivity contribution in [2.75, 3.05) is 6.54 Å². The van der Waals surface area contributed by atoms with E-state index in [0.717, 1.165) is 49.8 Å². The third-order valence-corrected chi connectivity index (χ3v) is 6.81. The Hall–Kier alpha value is -1.40. The molecule has 0 unspecified atom stereocenters. The highest BCUT2D eigenvalue weighted by molar-refractivity contribution is 7.89. The van der Waals surface area contributed by atoms with E-state index in [1.54, 1.807) is 26.0 Å². The molecule has 0 atom stereocenters. The van der Waals surface area contributed by atoms with E-state index in [2.05, 4.69) is 4.72 Å². The van der Waals surface area contributed by atoms with Crippen molar-refractivity contribution in [3.05, 3.63) is 29.3 Å². The molecule has 1 aliphatic heterocycles. The fourth-order valence-corrected chi connectivity index (χ4v) is 5.18. The number of hydrogen-bond acceptors (Lipinski definition) is 3. The number of carbonyl (C=O) groups excluding carboxylic acids is 1. The third-order valence-electron chi connectivity index (χ3n) is 5.16. The zero-order valence-corrected chi connectivity index (χ0v) is 15.9. The second kappa shape index (κ2) is 7.46. The fraction of sp³-hybridized carbons (Fsp3) is 0.632. The summed E-state index contributed by atoms with van der Waals surface area (Å²) in [6.07, 6.45) is 6.31. The monoisotopic (exact) mass is 364 g/mol. The molecule has 1 aliphatic carbocycles. The van der Waals surface area contributed by atoms with E-state index < -0.39 is 10.0 Å². The number of nitrogens with one attached hydrogen (secondary N) is 1. The smallest absolute Gasteiger partial charge is 0.240 e. The SMILES string of the molecule is CC(C)NS(=O)(=O)c1ccc2c(c1)CN(C(=O)C1CCCCC1)CC2. The lowest BCUT2D eigenvalue weighted by Crippen LogP contribution is -2.40. The normalized spacial score (nSPS) is 19.1. The zero-order chi connectivity index (χ0) is 18.0. The van der Waals surface area contributed by atoms with E-state index in [1.807, 2.05) is 11.0 Å². The van der Waals surface area contributed by atoms with Crippen molar-refractivity contribution >= 4 is 15.9 Å². The van der Waals surface area contributed by atoms with E-state index in [0.29, 0.717) is 6.54 Å². The van der Waals surface area contributed by atoms with Gasteiger partial charge in [0, 0.05) is 25.0 Å². The van der Waals surface area contributed by atoms with Gasteiger partial charge < -0.3 is 4.90 Å². The van der Waals surface area contributed by atoms with Crippen LogP contribution >= 0.6 is 0 Å². The van der Waals surface area contributed by atoms with Crippen LogP contribution < -0.4 is 4.72 Å². The predicted molar refractivity (Wildman–Crippen MR) is 97.6 cm³/mol. The number of rotatable bonds is 4. The van der Waals surface area contributed by atoms with Crippen LogP contribution in [-0.4, -0.2) is 31.8 Å². The fourth-order valence-electron chi connectivity index (χ4n) is 3.87. The molecule has 6 heteroatoms. The summed E-state index contributed by atoms with van der Waals surface area (Å²) in [7, 11) is -3.50. The maximum atomic E-state index is 12.8. The van der Waals surface area contributed by atoms with Gasteiger partial charge in [0.1, 0.15) is 0 Å². The Labute approximate surface area is 150 Å². The summed E-state index contributed by atoms with van der Waals surface area (Å²) >= 11 is 0. The van der Waals surface area contributed by atoms with E-state index in [4.69, 9.17) is 0 Å². The molecule has 0 saturated heterocycles. The molecular weight excluding hydrogens is 336 g/mol. The lowest BCUT2D eigenvalue weighted by Gasteiger charge is -2.33. The summed E-state index contributed by atoms with van der Waals surface area (Å²) < 4.78 is 27.4. The van der Waals surface area contributed by atoms with Gasteiger partial charge in [-0.05, 0) is 56.4 Å². The van der Waals surface area contributed by atoms with Crippen molar-refractivity contribution in [2.24, 2.45) is 5.92 Å². The summed E-state index contributed by atoms with van der Waals surface area (Å²) in [6.45, 7) is 4.87. The number of amides is 1. The molecule has 1 aromatic rings. The van der Waals surface area contributed by atoms with Gasteiger partial charge in [0.05, 0.1) is 4.90 Å². The third kappa shape index (κ3) is 4.23. The second-order valence-electron chi connectivity index (χ2n) is 7.55. The molecule has 0 aromatic heterocycles. The Bertz CT molecular complexity index is 737. The van der Waals surface area contributed by atoms with Crippen molar-refractivity contribution in [1.82, 2.24) is 9.62 Å². The van der Waals surface area contributed by atoms with Gasteiger partial charge in [-0.15, -0.1) is 0 Å². The molecular formula is C19H28N2O3S. The molecule has 25 heavy (non-hydrogen) atoms. The highest BCUT2D eigenvalue weighted by Gasteiger charge is 2.29. The van der Waals surface area contributed by atoms with Gasteiger partial charge in [-0.3, -0.25) is 4.79 Å². The minimum absolute atomic E-state index is 0.148. The Morgan fingerprint density at radius 1 is 1.16 bits per heavy atom. The molecule has 1 aromatic carbocycles. The van der Waals surface area contributed by atoms with Crippen LogP contribution in [0.2, 0.25) is 0 Å². The number of nitrogens with zero attached hydrogens (tertiary/aromatic N) is 1. The van der Waals surface area contributed by atoms with Gasteiger partial charge in [-0.1, -0.05) is 25.3 Å². The standard InChI is InChI=1S/C19H28N2O3S/c1-14(2)20-25(23,24)18-9-8-15-10-11-21(13-17(15)12-18)19(22)16-6-4-3-5-7-16/h8-9,12,14,16,20H,3-7,10-11,13H2,1-2H3. The Morgan fingerprint density at radius 2 is 1.88 bits per heavy atom. The van der Waals surface area contributed by atoms with Crippen LogP contribution in [-0.2, 0) is 27.8 Å². The molecule has 2 aliphatic rings. The molecule has 1 saturated carbocycles. The average Bonchev–Trinajstić information content (AvgIpc) is 2.60. The first-order chi connectivity index (χ1) is 11.9. The van der Waals surface area contributed by atoms with E-state index >= 15 is 0 Å². The van der Waals surface area contributed by atoms with Crippen LogP contribution in [0.1, 0.15) is 57.1 Å². The molecule has 5 nitrogen and oxygen atoms in total. The largest absolute Gasteiger partial charge is 0.338 e. The van der Waals surface area contributed by atoms with Crippen LogP contribution in [0.5, 0.6) is 0 Å². The van der Waals surface area contributed by atoms with E-state index in [-0.39, 0.29) is 22.8 Å². The van der Waals surface area contributed by atoms with Gasteiger partial charge >= 0.3 is 0 Å². The molecule has 3 rings (SSSR count). The Kier molecular flexibility index (Phi) is 5.49. The van der Waals surface area contributed by atoms with Crippen molar-refractivity contribution in [1.29, 1.82) is 0 Å². The lowest BCUT2D eigenvalue weighted by atomic mass is 9.87. The first-order valence-electron chi connectivity index (χ1n) is 9.30. The number of hydrogen-bond donors (Lipinski definition) is 1. The van der Waals surface area contributed by atoms with Crippen LogP contribution in [0, 0.1) is 5.92 Å². The van der Waals surface area contributed by atoms with E-state index in [9.17, 15) is 13.2 Å². The predicted octanol–water partition coefficient (Wildman–Crippen LogP) is 2.84. The molecule has 1 fully saturated rings. The summed E-state index contributed by atoms with van der Waals surface area (Å²) in [6, 6.07) is 5.15. The maximum Gasteiger partial charge on any atom is 0.240 e. The number of fused-ring (bicyclic) bond motifs is 1. The van der Waals surface area contributed by atoms with Crippen LogP contribution in [0.15, 0.2) is 23.1 Å². The highest BCUT2D eigenvalue weighted by atomic mass is 32.2. The quantitative estimate of drug-likeness (QED) is 0.893. The minimum Gasteiger partial charge on any atom is -0.338 e. The summed E-state index contributed by atoms with van der Waals surface area (Å²) in [5, 5.41) is 0. The molecule has 0 radical (unpaired) electrons. The van der Waals surface area contributed by atoms with Gasteiger partial charge in [0.2, 0.25) is 15.9 Å². The molecule has 0 bridgehead atoms. The van der Waals surface area contributed by atoms with Crippen LogP contribution in [0.4, 0.5) is 0 Å². The Morgan fingerprint density at radius 3 is 2.56 bits per heavy atom. The zero-order valence-electron chi connectivity index (χ0n) is 15.1. The first-order valence-corrected chi connectivity index (χ1v) is 10.8. The summed E-state index contributed by atoms with van der Waals surface area (Å²) in [5.74, 6) is 0.406.